The molecule has 4 aromatic rings. The van der Waals surface area contributed by atoms with Gasteiger partial charge in [0.15, 0.2) is 0 Å². The third kappa shape index (κ3) is 2.92. The molecule has 2 aromatic heterocycles. The molecule has 0 spiro atoms. The number of aromatic hydroxyl groups is 1. The van der Waals surface area contributed by atoms with Crippen LogP contribution in [-0.4, -0.2) is 17.1 Å². The predicted octanol–water partition coefficient (Wildman–Crippen LogP) is 5.44. The van der Waals surface area contributed by atoms with Crippen molar-refractivity contribution in [3.05, 3.63) is 62.7 Å². The Morgan fingerprint density at radius 3 is 2.67 bits per heavy atom. The number of fused-ring (bicyclic) bond motifs is 3. The molecule has 4 rings (SSSR count). The number of nitrogens with one attached hydrogen (secondary N) is 2. The van der Waals surface area contributed by atoms with Crippen molar-refractivity contribution < 1.29 is 5.11 Å². The van der Waals surface area contributed by atoms with Crippen LogP contribution in [0.15, 0.2) is 46.6 Å². The molecule has 2 heterocycles. The largest absolute Gasteiger partial charge is 0.507 e. The molecule has 0 aliphatic heterocycles. The second kappa shape index (κ2) is 7.00. The van der Waals surface area contributed by atoms with Crippen LogP contribution in [0.2, 0.25) is 5.02 Å². The topological polar surface area (TPSA) is 65.1 Å². The summed E-state index contributed by atoms with van der Waals surface area (Å²) in [7, 11) is 1.95. The zero-order chi connectivity index (χ0) is 19.1. The number of benzene rings is 2. The second-order valence-corrected chi connectivity index (χ2v) is 7.81. The molecule has 1 unspecified atom stereocenters. The number of pyridine rings is 1. The van der Waals surface area contributed by atoms with Crippen molar-refractivity contribution in [2.24, 2.45) is 0 Å². The summed E-state index contributed by atoms with van der Waals surface area (Å²) >= 11 is 7.71. The van der Waals surface area contributed by atoms with E-state index in [1.165, 1.54) is 23.0 Å². The number of thiophene rings is 1. The Balaban J connectivity index is 2.02. The number of rotatable bonds is 4. The summed E-state index contributed by atoms with van der Waals surface area (Å²) in [5.74, 6) is 0.0976. The number of hydrogen-bond donors (Lipinski definition) is 3. The van der Waals surface area contributed by atoms with Crippen LogP contribution in [0.1, 0.15) is 24.9 Å². The molecule has 2 aromatic carbocycles. The average molecular weight is 399 g/mol. The van der Waals surface area contributed by atoms with Crippen molar-refractivity contribution in [2.45, 2.75) is 19.4 Å². The Morgan fingerprint density at radius 2 is 2.00 bits per heavy atom. The van der Waals surface area contributed by atoms with Crippen LogP contribution in [0.25, 0.3) is 32.1 Å². The van der Waals surface area contributed by atoms with Gasteiger partial charge in [0.1, 0.15) is 10.4 Å². The minimum Gasteiger partial charge on any atom is -0.507 e. The van der Waals surface area contributed by atoms with Gasteiger partial charge in [-0.3, -0.25) is 4.79 Å². The number of aromatic amines is 1. The van der Waals surface area contributed by atoms with E-state index >= 15 is 0 Å². The number of hydrogen-bond acceptors (Lipinski definition) is 4. The molecule has 0 bridgehead atoms. The lowest BCUT2D eigenvalue weighted by molar-refractivity contribution is 0.478. The van der Waals surface area contributed by atoms with Gasteiger partial charge in [-0.2, -0.15) is 0 Å². The summed E-state index contributed by atoms with van der Waals surface area (Å²) in [5.41, 5.74) is 3.13. The van der Waals surface area contributed by atoms with Crippen molar-refractivity contribution in [3.8, 4) is 16.9 Å². The number of H-pyrrole nitrogens is 1. The third-order valence-corrected chi connectivity index (χ3v) is 6.21. The molecule has 3 N–H and O–H groups in total. The van der Waals surface area contributed by atoms with Gasteiger partial charge in [-0.15, -0.1) is 11.3 Å². The van der Waals surface area contributed by atoms with Gasteiger partial charge in [0, 0.05) is 28.4 Å². The standard InChI is InChI=1S/C21H19ClN2O2S/c1-3-15(23-2)11-4-6-12(7-5-11)17-16(25)10-14(22)19-18(17)13-8-9-27-20(13)21(26)24-19/h4-10,15,23,25H,3H2,1-2H3,(H,24,26). The third-order valence-electron chi connectivity index (χ3n) is 5.00. The number of aromatic nitrogens is 1. The lowest BCUT2D eigenvalue weighted by Crippen LogP contribution is -2.14. The van der Waals surface area contributed by atoms with Gasteiger partial charge >= 0.3 is 0 Å². The monoisotopic (exact) mass is 398 g/mol. The molecule has 6 heteroatoms. The minimum atomic E-state index is -0.166. The van der Waals surface area contributed by atoms with E-state index in [2.05, 4.69) is 29.4 Å². The first kappa shape index (κ1) is 18.0. The van der Waals surface area contributed by atoms with Gasteiger partial charge in [0.05, 0.1) is 10.5 Å². The van der Waals surface area contributed by atoms with Crippen molar-refractivity contribution >= 4 is 43.9 Å². The highest BCUT2D eigenvalue weighted by Gasteiger charge is 2.18. The Bertz CT molecular complexity index is 1190. The maximum atomic E-state index is 12.4. The first-order chi connectivity index (χ1) is 13.0. The van der Waals surface area contributed by atoms with E-state index in [1.807, 2.05) is 30.6 Å². The molecule has 0 saturated heterocycles. The van der Waals surface area contributed by atoms with Crippen LogP contribution < -0.4 is 10.9 Å². The Hall–Kier alpha value is -2.34. The van der Waals surface area contributed by atoms with Crippen molar-refractivity contribution in [2.75, 3.05) is 7.05 Å². The molecule has 4 nitrogen and oxygen atoms in total. The fourth-order valence-corrected chi connectivity index (χ4v) is 4.70. The van der Waals surface area contributed by atoms with Crippen LogP contribution in [-0.2, 0) is 0 Å². The van der Waals surface area contributed by atoms with Crippen LogP contribution in [0.3, 0.4) is 0 Å². The Morgan fingerprint density at radius 1 is 1.26 bits per heavy atom. The maximum Gasteiger partial charge on any atom is 0.266 e. The van der Waals surface area contributed by atoms with Gasteiger partial charge in [-0.05, 0) is 36.0 Å². The maximum absolute atomic E-state index is 12.4. The van der Waals surface area contributed by atoms with Crippen LogP contribution in [0.4, 0.5) is 0 Å². The molecule has 0 aliphatic carbocycles. The van der Waals surface area contributed by atoms with Gasteiger partial charge in [0.2, 0.25) is 0 Å². The smallest absolute Gasteiger partial charge is 0.266 e. The molecule has 1 atom stereocenters. The van der Waals surface area contributed by atoms with Crippen molar-refractivity contribution in [1.82, 2.24) is 10.3 Å². The summed E-state index contributed by atoms with van der Waals surface area (Å²) in [6, 6.07) is 11.8. The van der Waals surface area contributed by atoms with Crippen LogP contribution in [0, 0.1) is 0 Å². The quantitative estimate of drug-likeness (QED) is 0.429. The summed E-state index contributed by atoms with van der Waals surface area (Å²) in [6.07, 6.45) is 0.988. The number of phenolic OH excluding ortho intramolecular Hbond substituents is 1. The molecule has 138 valence electrons. The fraction of sp³-hybridized carbons (Fsp3) is 0.190. The Kier molecular flexibility index (Phi) is 4.68. The van der Waals surface area contributed by atoms with Gasteiger partial charge in [0.25, 0.3) is 5.56 Å². The van der Waals surface area contributed by atoms with E-state index in [0.717, 1.165) is 22.8 Å². The molecule has 0 fully saturated rings. The minimum absolute atomic E-state index is 0.0976. The lowest BCUT2D eigenvalue weighted by Gasteiger charge is -2.16. The molecule has 0 aliphatic rings. The Labute approximate surface area is 165 Å². The lowest BCUT2D eigenvalue weighted by atomic mass is 9.95. The van der Waals surface area contributed by atoms with Crippen LogP contribution in [0.5, 0.6) is 5.75 Å². The highest BCUT2D eigenvalue weighted by atomic mass is 35.5. The number of halogens is 1. The predicted molar refractivity (Wildman–Crippen MR) is 114 cm³/mol. The summed E-state index contributed by atoms with van der Waals surface area (Å²) in [6.45, 7) is 2.14. The van der Waals surface area contributed by atoms with Crippen molar-refractivity contribution in [1.29, 1.82) is 0 Å². The van der Waals surface area contributed by atoms with E-state index < -0.39 is 0 Å². The van der Waals surface area contributed by atoms with Gasteiger partial charge in [-0.25, -0.2) is 0 Å². The summed E-state index contributed by atoms with van der Waals surface area (Å²) < 4.78 is 0.628. The van der Waals surface area contributed by atoms with E-state index in [0.29, 0.717) is 20.8 Å². The summed E-state index contributed by atoms with van der Waals surface area (Å²) in [4.78, 5) is 15.2. The zero-order valence-corrected chi connectivity index (χ0v) is 16.5. The molecule has 0 amide bonds. The first-order valence-electron chi connectivity index (χ1n) is 8.77. The van der Waals surface area contributed by atoms with Crippen molar-refractivity contribution in [3.63, 3.8) is 0 Å². The zero-order valence-electron chi connectivity index (χ0n) is 15.0. The number of phenols is 1. The van der Waals surface area contributed by atoms with E-state index in [9.17, 15) is 9.90 Å². The van der Waals surface area contributed by atoms with E-state index in [-0.39, 0.29) is 17.4 Å². The molecular weight excluding hydrogens is 380 g/mol. The average Bonchev–Trinajstić information content (AvgIpc) is 3.15. The van der Waals surface area contributed by atoms with E-state index in [4.69, 9.17) is 11.6 Å². The van der Waals surface area contributed by atoms with Gasteiger partial charge in [-0.1, -0.05) is 42.8 Å². The molecule has 27 heavy (non-hydrogen) atoms. The SMILES string of the molecule is CCC(NC)c1ccc(-c2c(O)cc(Cl)c3[nH]c(=O)c4sccc4c23)cc1. The van der Waals surface area contributed by atoms with Crippen LogP contribution >= 0.6 is 22.9 Å². The molecule has 0 saturated carbocycles. The second-order valence-electron chi connectivity index (χ2n) is 6.49. The highest BCUT2D eigenvalue weighted by molar-refractivity contribution is 7.17. The fourth-order valence-electron chi connectivity index (χ4n) is 3.66. The normalized spacial score (nSPS) is 12.7. The summed E-state index contributed by atoms with van der Waals surface area (Å²) in [5, 5.41) is 17.8. The molecular formula is C21H19ClN2O2S. The first-order valence-corrected chi connectivity index (χ1v) is 10.0. The molecule has 0 radical (unpaired) electrons. The highest BCUT2D eigenvalue weighted by Crippen LogP contribution is 2.42. The van der Waals surface area contributed by atoms with Gasteiger partial charge < -0.3 is 15.4 Å². The van der Waals surface area contributed by atoms with E-state index in [1.54, 1.807) is 0 Å².